The molecular weight excluding hydrogens is 331 g/mol. The maximum absolute atomic E-state index is 13.1. The second kappa shape index (κ2) is 6.35. The van der Waals surface area contributed by atoms with Crippen molar-refractivity contribution in [3.63, 3.8) is 0 Å². The van der Waals surface area contributed by atoms with Gasteiger partial charge in [0.25, 0.3) is 0 Å². The highest BCUT2D eigenvalue weighted by molar-refractivity contribution is 7.91. The number of hydrogen-bond donors (Lipinski definition) is 1. The average Bonchev–Trinajstić information content (AvgIpc) is 3.25. The zero-order valence-electron chi connectivity index (χ0n) is 13.8. The highest BCUT2D eigenvalue weighted by atomic mass is 32.2. The monoisotopic (exact) mass is 354 g/mol. The van der Waals surface area contributed by atoms with Gasteiger partial charge in [0.05, 0.1) is 11.5 Å². The van der Waals surface area contributed by atoms with Gasteiger partial charge in [-0.25, -0.2) is 17.6 Å². The van der Waals surface area contributed by atoms with Crippen molar-refractivity contribution in [1.29, 1.82) is 0 Å². The maximum Gasteiger partial charge on any atom is 0.317 e. The van der Waals surface area contributed by atoms with Gasteiger partial charge in [-0.2, -0.15) is 0 Å². The summed E-state index contributed by atoms with van der Waals surface area (Å²) in [5.41, 5.74) is 0.931. The number of sulfone groups is 1. The van der Waals surface area contributed by atoms with Crippen LogP contribution in [0.15, 0.2) is 24.3 Å². The summed E-state index contributed by atoms with van der Waals surface area (Å²) in [5, 5.41) is 2.95. The number of benzene rings is 1. The molecule has 1 saturated heterocycles. The topological polar surface area (TPSA) is 66.5 Å². The maximum atomic E-state index is 13.1. The van der Waals surface area contributed by atoms with E-state index in [0.717, 1.165) is 18.4 Å². The molecule has 24 heavy (non-hydrogen) atoms. The highest BCUT2D eigenvalue weighted by Gasteiger charge is 2.45. The summed E-state index contributed by atoms with van der Waals surface area (Å²) < 4.78 is 36.3. The van der Waals surface area contributed by atoms with Gasteiger partial charge in [0.1, 0.15) is 5.82 Å². The third kappa shape index (κ3) is 3.55. The summed E-state index contributed by atoms with van der Waals surface area (Å²) in [7, 11) is -3.02. The third-order valence-electron chi connectivity index (χ3n) is 5.14. The van der Waals surface area contributed by atoms with Crippen molar-refractivity contribution in [1.82, 2.24) is 10.2 Å². The van der Waals surface area contributed by atoms with Crippen LogP contribution < -0.4 is 5.32 Å². The summed E-state index contributed by atoms with van der Waals surface area (Å²) in [6, 6.07) is 5.98. The minimum absolute atomic E-state index is 0.0529. The Bertz CT molecular complexity index is 714. The Morgan fingerprint density at radius 2 is 2.00 bits per heavy atom. The van der Waals surface area contributed by atoms with E-state index in [4.69, 9.17) is 0 Å². The van der Waals surface area contributed by atoms with Crippen LogP contribution >= 0.6 is 0 Å². The SMILES string of the molecule is CCN(C(=O)NCC1(c2ccc(F)cc2)CC1)C1CCS(=O)(=O)C1. The quantitative estimate of drug-likeness (QED) is 0.880. The lowest BCUT2D eigenvalue weighted by Gasteiger charge is -2.28. The molecule has 1 aliphatic heterocycles. The van der Waals surface area contributed by atoms with Gasteiger partial charge in [-0.15, -0.1) is 0 Å². The van der Waals surface area contributed by atoms with Gasteiger partial charge < -0.3 is 10.2 Å². The molecule has 1 N–H and O–H groups in total. The largest absolute Gasteiger partial charge is 0.337 e. The summed E-state index contributed by atoms with van der Waals surface area (Å²) in [6.45, 7) is 2.83. The molecule has 2 fully saturated rings. The molecule has 1 aromatic carbocycles. The van der Waals surface area contributed by atoms with Gasteiger partial charge in [-0.3, -0.25) is 0 Å². The molecule has 3 rings (SSSR count). The second-order valence-corrected chi connectivity index (χ2v) is 9.02. The first-order valence-electron chi connectivity index (χ1n) is 8.36. The van der Waals surface area contributed by atoms with Gasteiger partial charge in [-0.1, -0.05) is 12.1 Å². The number of carbonyl (C=O) groups excluding carboxylic acids is 1. The number of nitrogens with one attached hydrogen (secondary N) is 1. The number of halogens is 1. The summed E-state index contributed by atoms with van der Waals surface area (Å²) in [4.78, 5) is 14.1. The van der Waals surface area contributed by atoms with Crippen LogP contribution in [0.25, 0.3) is 0 Å². The lowest BCUT2D eigenvalue weighted by atomic mass is 9.96. The fraction of sp³-hybridized carbons (Fsp3) is 0.588. The molecule has 0 aromatic heterocycles. The van der Waals surface area contributed by atoms with E-state index in [9.17, 15) is 17.6 Å². The van der Waals surface area contributed by atoms with Crippen LogP contribution in [0.3, 0.4) is 0 Å². The number of rotatable bonds is 5. The van der Waals surface area contributed by atoms with Crippen LogP contribution in [-0.2, 0) is 15.3 Å². The summed E-state index contributed by atoms with van der Waals surface area (Å²) >= 11 is 0. The molecule has 5 nitrogen and oxygen atoms in total. The summed E-state index contributed by atoms with van der Waals surface area (Å²) in [6.07, 6.45) is 2.43. The summed E-state index contributed by atoms with van der Waals surface area (Å²) in [5.74, 6) is -0.0589. The Balaban J connectivity index is 1.61. The fourth-order valence-electron chi connectivity index (χ4n) is 3.46. The molecule has 1 aromatic rings. The third-order valence-corrected chi connectivity index (χ3v) is 6.89. The second-order valence-electron chi connectivity index (χ2n) is 6.79. The van der Waals surface area contributed by atoms with Gasteiger partial charge in [0.15, 0.2) is 9.84 Å². The van der Waals surface area contributed by atoms with E-state index in [1.165, 1.54) is 12.1 Å². The number of carbonyl (C=O) groups is 1. The zero-order chi connectivity index (χ0) is 17.4. The molecule has 1 unspecified atom stereocenters. The lowest BCUT2D eigenvalue weighted by Crippen LogP contribution is -2.48. The van der Waals surface area contributed by atoms with Crippen molar-refractivity contribution in [3.8, 4) is 0 Å². The van der Waals surface area contributed by atoms with E-state index >= 15 is 0 Å². The molecule has 132 valence electrons. The Kier molecular flexibility index (Phi) is 4.55. The van der Waals surface area contributed by atoms with Crippen LogP contribution in [0.5, 0.6) is 0 Å². The normalized spacial score (nSPS) is 23.7. The molecule has 2 amide bonds. The number of amides is 2. The Morgan fingerprint density at radius 1 is 1.33 bits per heavy atom. The van der Waals surface area contributed by atoms with Gasteiger partial charge in [-0.05, 0) is 43.9 Å². The predicted octanol–water partition coefficient (Wildman–Crippen LogP) is 2.08. The van der Waals surface area contributed by atoms with Crippen molar-refractivity contribution in [2.45, 2.75) is 37.6 Å². The molecule has 1 saturated carbocycles. The molecule has 7 heteroatoms. The van der Waals surface area contributed by atoms with Crippen LogP contribution in [-0.4, -0.2) is 50.0 Å². The minimum atomic E-state index is -3.02. The van der Waals surface area contributed by atoms with Crippen molar-refractivity contribution >= 4 is 15.9 Å². The molecule has 1 atom stereocenters. The lowest BCUT2D eigenvalue weighted by molar-refractivity contribution is 0.183. The van der Waals surface area contributed by atoms with E-state index in [2.05, 4.69) is 5.32 Å². The Hall–Kier alpha value is -1.63. The van der Waals surface area contributed by atoms with Crippen LogP contribution in [0.1, 0.15) is 31.7 Å². The molecular formula is C17H23FN2O3S. The first kappa shape index (κ1) is 17.2. The number of urea groups is 1. The first-order valence-corrected chi connectivity index (χ1v) is 10.2. The molecule has 0 bridgehead atoms. The standard InChI is InChI=1S/C17H23FN2O3S/c1-2-20(15-7-10-24(22,23)11-15)16(21)19-12-17(8-9-17)13-3-5-14(18)6-4-13/h3-6,15H,2,7-12H2,1H3,(H,19,21). The highest BCUT2D eigenvalue weighted by Crippen LogP contribution is 2.47. The number of hydrogen-bond acceptors (Lipinski definition) is 3. The van der Waals surface area contributed by atoms with E-state index < -0.39 is 9.84 Å². The van der Waals surface area contributed by atoms with Crippen molar-refractivity contribution in [2.75, 3.05) is 24.6 Å². The van der Waals surface area contributed by atoms with E-state index in [1.807, 2.05) is 6.92 Å². The van der Waals surface area contributed by atoms with Crippen molar-refractivity contribution in [2.24, 2.45) is 0 Å². The van der Waals surface area contributed by atoms with Gasteiger partial charge in [0.2, 0.25) is 0 Å². The molecule has 2 aliphatic rings. The van der Waals surface area contributed by atoms with Gasteiger partial charge >= 0.3 is 6.03 Å². The zero-order valence-corrected chi connectivity index (χ0v) is 14.6. The van der Waals surface area contributed by atoms with Crippen molar-refractivity contribution in [3.05, 3.63) is 35.6 Å². The molecule has 1 heterocycles. The molecule has 0 radical (unpaired) electrons. The Labute approximate surface area is 142 Å². The Morgan fingerprint density at radius 3 is 2.50 bits per heavy atom. The fourth-order valence-corrected chi connectivity index (χ4v) is 5.19. The van der Waals surface area contributed by atoms with E-state index in [-0.39, 0.29) is 34.8 Å². The first-order chi connectivity index (χ1) is 11.4. The molecule has 1 aliphatic carbocycles. The molecule has 0 spiro atoms. The van der Waals surface area contributed by atoms with Crippen LogP contribution in [0.2, 0.25) is 0 Å². The average molecular weight is 354 g/mol. The van der Waals surface area contributed by atoms with Gasteiger partial charge in [0, 0.05) is 24.5 Å². The van der Waals surface area contributed by atoms with Crippen molar-refractivity contribution < 1.29 is 17.6 Å². The number of nitrogens with zero attached hydrogens (tertiary/aromatic N) is 1. The minimum Gasteiger partial charge on any atom is -0.337 e. The van der Waals surface area contributed by atoms with Crippen LogP contribution in [0.4, 0.5) is 9.18 Å². The van der Waals surface area contributed by atoms with E-state index in [1.54, 1.807) is 17.0 Å². The van der Waals surface area contributed by atoms with Crippen LogP contribution in [0, 0.1) is 5.82 Å². The smallest absolute Gasteiger partial charge is 0.317 e. The van der Waals surface area contributed by atoms with E-state index in [0.29, 0.717) is 19.5 Å². The predicted molar refractivity (Wildman–Crippen MR) is 90.1 cm³/mol.